The fourth-order valence-corrected chi connectivity index (χ4v) is 11.4. The van der Waals surface area contributed by atoms with Crippen molar-refractivity contribution in [1.29, 1.82) is 0 Å². The zero-order valence-corrected chi connectivity index (χ0v) is 38.7. The lowest BCUT2D eigenvalue weighted by molar-refractivity contribution is -0.440. The largest absolute Gasteiger partial charge is 0.744 e. The average Bonchev–Trinajstić information content (AvgIpc) is 3.85. The molecule has 3 aliphatic rings. The number of aliphatic hydroxyl groups excluding tert-OH is 2. The molecule has 6 aromatic carbocycles. The third-order valence-electron chi connectivity index (χ3n) is 13.3. The Labute approximate surface area is 385 Å². The number of fused-ring (bicyclic) bond motifs is 6. The molecule has 1 aliphatic carbocycles. The Morgan fingerprint density at radius 3 is 1.80 bits per heavy atom. The summed E-state index contributed by atoms with van der Waals surface area (Å²) in [5.41, 5.74) is 9.61. The SMILES string of the molecule is CC1(C)C(/C=C/C2=C(N(c3ccccc3)c3ccccc3)C(=C/C=C3\N(CCO)c4ccc5cc(S(=O)(=O)[O-])ccc5c4C3(C)C)/CC2)=[N+](CCO)c2ccc3cc(S(=O)(=O)[O-])ccc3c21. The van der Waals surface area contributed by atoms with Crippen LogP contribution in [0, 0.1) is 0 Å². The fourth-order valence-electron chi connectivity index (χ4n) is 10.4. The molecule has 0 saturated heterocycles. The minimum atomic E-state index is -4.65. The van der Waals surface area contributed by atoms with Gasteiger partial charge in [0.25, 0.3) is 0 Å². The van der Waals surface area contributed by atoms with E-state index in [2.05, 4.69) is 90.6 Å². The number of anilines is 3. The van der Waals surface area contributed by atoms with Crippen LogP contribution in [0.4, 0.5) is 22.7 Å². The van der Waals surface area contributed by atoms with E-state index in [0.717, 1.165) is 72.9 Å². The second-order valence-electron chi connectivity index (χ2n) is 17.9. The fraction of sp³-hybridized carbons (Fsp3) is 0.226. The first kappa shape index (κ1) is 45.0. The van der Waals surface area contributed by atoms with Crippen LogP contribution in [-0.2, 0) is 31.1 Å². The minimum absolute atomic E-state index is 0.101. The van der Waals surface area contributed by atoms with Crippen molar-refractivity contribution in [1.82, 2.24) is 0 Å². The van der Waals surface area contributed by atoms with Crippen LogP contribution in [0.1, 0.15) is 51.7 Å². The summed E-state index contributed by atoms with van der Waals surface area (Å²) in [6.07, 6.45) is 10.1. The van der Waals surface area contributed by atoms with Gasteiger partial charge in [0.15, 0.2) is 12.3 Å². The number of benzene rings is 6. The number of allylic oxidation sites excluding steroid dienone is 7. The molecule has 0 saturated carbocycles. The van der Waals surface area contributed by atoms with Gasteiger partial charge < -0.3 is 29.1 Å². The van der Waals surface area contributed by atoms with Crippen molar-refractivity contribution in [3.63, 3.8) is 0 Å². The molecule has 2 heterocycles. The number of β-amino-alcohol motifs (C(OH)–C–C–N with tert-alkyl or cyclic N) is 2. The average molecular weight is 921 g/mol. The van der Waals surface area contributed by atoms with Crippen LogP contribution in [0.5, 0.6) is 0 Å². The zero-order valence-electron chi connectivity index (χ0n) is 37.1. The van der Waals surface area contributed by atoms with Crippen molar-refractivity contribution in [3.8, 4) is 0 Å². The van der Waals surface area contributed by atoms with Crippen LogP contribution < -0.4 is 9.80 Å². The van der Waals surface area contributed by atoms with E-state index in [1.807, 2.05) is 60.7 Å². The number of aliphatic hydroxyl groups is 2. The summed E-state index contributed by atoms with van der Waals surface area (Å²) in [6, 6.07) is 36.9. The molecular formula is C53H50N3O8S2-. The maximum atomic E-state index is 12.0. The summed E-state index contributed by atoms with van der Waals surface area (Å²) >= 11 is 0. The maximum absolute atomic E-state index is 12.0. The molecule has 0 radical (unpaired) electrons. The van der Waals surface area contributed by atoms with E-state index in [9.17, 15) is 36.2 Å². The van der Waals surface area contributed by atoms with E-state index < -0.39 is 31.1 Å². The second kappa shape index (κ2) is 16.9. The molecule has 0 unspecified atom stereocenters. The number of hydrogen-bond acceptors (Lipinski definition) is 10. The highest BCUT2D eigenvalue weighted by Crippen LogP contribution is 2.52. The highest BCUT2D eigenvalue weighted by molar-refractivity contribution is 7.86. The Morgan fingerprint density at radius 1 is 0.667 bits per heavy atom. The summed E-state index contributed by atoms with van der Waals surface area (Å²) in [5, 5.41) is 23.7. The molecule has 11 nitrogen and oxygen atoms in total. The van der Waals surface area contributed by atoms with Crippen molar-refractivity contribution in [2.45, 2.75) is 61.2 Å². The molecule has 2 N–H and O–H groups in total. The van der Waals surface area contributed by atoms with Gasteiger partial charge in [0, 0.05) is 52.4 Å². The van der Waals surface area contributed by atoms with Crippen LogP contribution in [0.25, 0.3) is 21.5 Å². The second-order valence-corrected chi connectivity index (χ2v) is 20.7. The van der Waals surface area contributed by atoms with Crippen LogP contribution in [0.15, 0.2) is 178 Å². The van der Waals surface area contributed by atoms with Gasteiger partial charge in [0.05, 0.1) is 27.5 Å². The van der Waals surface area contributed by atoms with Crippen molar-refractivity contribution in [3.05, 3.63) is 179 Å². The van der Waals surface area contributed by atoms with Gasteiger partial charge in [-0.2, -0.15) is 4.58 Å². The van der Waals surface area contributed by atoms with E-state index >= 15 is 0 Å². The summed E-state index contributed by atoms with van der Waals surface area (Å²) in [4.78, 5) is 3.83. The monoisotopic (exact) mass is 920 g/mol. The van der Waals surface area contributed by atoms with Gasteiger partial charge in [-0.25, -0.2) is 16.8 Å². The molecule has 0 aromatic heterocycles. The first-order valence-corrected chi connectivity index (χ1v) is 24.7. The van der Waals surface area contributed by atoms with Crippen molar-refractivity contribution in [2.75, 3.05) is 36.1 Å². The van der Waals surface area contributed by atoms with Crippen LogP contribution in [0.3, 0.4) is 0 Å². The topological polar surface area (TPSA) is 164 Å². The quantitative estimate of drug-likeness (QED) is 0.0894. The number of rotatable bonds is 12. The molecule has 0 spiro atoms. The lowest BCUT2D eigenvalue weighted by atomic mass is 9.79. The van der Waals surface area contributed by atoms with Crippen molar-refractivity contribution >= 4 is 70.2 Å². The third kappa shape index (κ3) is 7.78. The van der Waals surface area contributed by atoms with Gasteiger partial charge in [0.2, 0.25) is 5.69 Å². The predicted molar refractivity (Wildman–Crippen MR) is 258 cm³/mol. The van der Waals surface area contributed by atoms with Crippen LogP contribution in [0.2, 0.25) is 0 Å². The summed E-state index contributed by atoms with van der Waals surface area (Å²) < 4.78 is 73.9. The zero-order chi connectivity index (χ0) is 46.8. The van der Waals surface area contributed by atoms with Gasteiger partial charge in [0.1, 0.15) is 26.8 Å². The number of para-hydroxylation sites is 2. The van der Waals surface area contributed by atoms with Gasteiger partial charge in [-0.3, -0.25) is 0 Å². The molecule has 0 fully saturated rings. The normalized spacial score (nSPS) is 18.2. The lowest BCUT2D eigenvalue weighted by Crippen LogP contribution is -2.28. The molecular weight excluding hydrogens is 871 g/mol. The molecule has 0 bridgehead atoms. The van der Waals surface area contributed by atoms with Crippen molar-refractivity contribution < 1.29 is 40.7 Å². The Balaban J connectivity index is 1.20. The molecule has 13 heteroatoms. The van der Waals surface area contributed by atoms with E-state index in [1.165, 1.54) is 24.3 Å². The molecule has 338 valence electrons. The standard InChI is InChI=1S/C53H51N3O8S2/c1-52(2)47(54(29-31-57)45-25-17-37-33-41(65(59,60)61)21-23-43(37)49(45)52)27-19-35-15-16-36(51(35)56(39-11-7-5-8-12-39)40-13-9-6-10-14-40)20-28-48-53(3,4)50-44-24-22-42(66(62,63)64)34-38(44)18-26-46(50)55(48)30-32-58/h5-14,17-28,33-34,57-58H,15-16,29-32H2,1-4H3,(H-,59,60,61,62,63,64)/p-1. The first-order chi connectivity index (χ1) is 31.4. The Kier molecular flexibility index (Phi) is 11.5. The third-order valence-corrected chi connectivity index (χ3v) is 14.9. The molecule has 9 rings (SSSR count). The van der Waals surface area contributed by atoms with Gasteiger partial charge in [-0.05, 0) is 132 Å². The van der Waals surface area contributed by atoms with E-state index in [0.29, 0.717) is 36.7 Å². The summed E-state index contributed by atoms with van der Waals surface area (Å²) in [5.74, 6) is 0. The first-order valence-electron chi connectivity index (χ1n) is 21.9. The minimum Gasteiger partial charge on any atom is -0.744 e. The van der Waals surface area contributed by atoms with Crippen LogP contribution >= 0.6 is 0 Å². The highest BCUT2D eigenvalue weighted by atomic mass is 32.2. The van der Waals surface area contributed by atoms with Crippen molar-refractivity contribution in [2.24, 2.45) is 0 Å². The molecule has 66 heavy (non-hydrogen) atoms. The predicted octanol–water partition coefficient (Wildman–Crippen LogP) is 9.21. The number of hydrogen-bond donors (Lipinski definition) is 2. The highest BCUT2D eigenvalue weighted by Gasteiger charge is 2.46. The van der Waals surface area contributed by atoms with E-state index in [4.69, 9.17) is 0 Å². The Bertz CT molecular complexity index is 3300. The Morgan fingerprint density at radius 2 is 1.24 bits per heavy atom. The van der Waals surface area contributed by atoms with E-state index in [-0.39, 0.29) is 23.0 Å². The summed E-state index contributed by atoms with van der Waals surface area (Å²) in [7, 11) is -9.31. The molecule has 0 amide bonds. The Hall–Kier alpha value is -6.19. The van der Waals surface area contributed by atoms with Gasteiger partial charge in [-0.15, -0.1) is 0 Å². The summed E-state index contributed by atoms with van der Waals surface area (Å²) in [6.45, 7) is 8.94. The van der Waals surface area contributed by atoms with Crippen LogP contribution in [-0.4, -0.2) is 72.7 Å². The van der Waals surface area contributed by atoms with Gasteiger partial charge in [-0.1, -0.05) is 80.6 Å². The smallest absolute Gasteiger partial charge is 0.210 e. The van der Waals surface area contributed by atoms with Gasteiger partial charge >= 0.3 is 0 Å². The maximum Gasteiger partial charge on any atom is 0.210 e. The molecule has 0 atom stereocenters. The lowest BCUT2D eigenvalue weighted by Gasteiger charge is -2.29. The molecule has 2 aliphatic heterocycles. The van der Waals surface area contributed by atoms with E-state index in [1.54, 1.807) is 12.1 Å². The number of nitrogens with zero attached hydrogens (tertiary/aromatic N) is 3. The molecule has 6 aromatic rings.